The average molecular weight is 220 g/mol. The maximum absolute atomic E-state index is 3.52. The fourth-order valence-electron chi connectivity index (χ4n) is 1.57. The Hall–Kier alpha value is -1.02. The first kappa shape index (κ1) is 13.0. The molecule has 1 rings (SSSR count). The minimum absolute atomic E-state index is 0.115. The van der Waals surface area contributed by atoms with Crippen LogP contribution in [0.2, 0.25) is 0 Å². The third-order valence-electron chi connectivity index (χ3n) is 2.98. The number of anilines is 1. The summed E-state index contributed by atoms with van der Waals surface area (Å²) in [5.41, 5.74) is 2.75. The van der Waals surface area contributed by atoms with Gasteiger partial charge < -0.3 is 10.6 Å². The van der Waals surface area contributed by atoms with Gasteiger partial charge in [-0.3, -0.25) is 0 Å². The maximum Gasteiger partial charge on any atom is 0.0375 e. The summed E-state index contributed by atoms with van der Waals surface area (Å²) in [4.78, 5) is 0. The Labute approximate surface area is 99.5 Å². The van der Waals surface area contributed by atoms with Crippen molar-refractivity contribution < 1.29 is 0 Å². The maximum atomic E-state index is 3.52. The minimum atomic E-state index is 0.115. The van der Waals surface area contributed by atoms with E-state index in [-0.39, 0.29) is 5.54 Å². The molecule has 0 atom stereocenters. The lowest BCUT2D eigenvalue weighted by Crippen LogP contribution is -2.42. The third kappa shape index (κ3) is 3.53. The van der Waals surface area contributed by atoms with Crippen molar-refractivity contribution in [3.05, 3.63) is 29.8 Å². The van der Waals surface area contributed by atoms with Gasteiger partial charge in [0.25, 0.3) is 0 Å². The molecule has 0 fully saturated rings. The second kappa shape index (κ2) is 5.35. The summed E-state index contributed by atoms with van der Waals surface area (Å²) in [5.74, 6) is 0.557. The molecule has 0 heterocycles. The predicted octanol–water partition coefficient (Wildman–Crippen LogP) is 3.22. The number of nitrogens with one attached hydrogen (secondary N) is 2. The first-order chi connectivity index (χ1) is 7.46. The van der Waals surface area contributed by atoms with Gasteiger partial charge in [-0.25, -0.2) is 0 Å². The first-order valence-corrected chi connectivity index (χ1v) is 5.98. The van der Waals surface area contributed by atoms with Crippen molar-refractivity contribution in [2.45, 2.75) is 39.2 Å². The molecule has 90 valence electrons. The molecule has 0 aromatic heterocycles. The van der Waals surface area contributed by atoms with Crippen LogP contribution < -0.4 is 10.6 Å². The van der Waals surface area contributed by atoms with E-state index in [0.717, 1.165) is 6.54 Å². The van der Waals surface area contributed by atoms with Crippen LogP contribution in [0.25, 0.3) is 0 Å². The van der Waals surface area contributed by atoms with Crippen molar-refractivity contribution in [2.24, 2.45) is 0 Å². The number of hydrogen-bond donors (Lipinski definition) is 2. The number of rotatable bonds is 5. The van der Waals surface area contributed by atoms with Crippen molar-refractivity contribution in [1.29, 1.82) is 0 Å². The molecule has 0 saturated heterocycles. The summed E-state index contributed by atoms with van der Waals surface area (Å²) in [6.45, 7) is 9.76. The zero-order valence-electron chi connectivity index (χ0n) is 11.1. The Morgan fingerprint density at radius 2 is 1.81 bits per heavy atom. The Balaban J connectivity index is 2.74. The summed E-state index contributed by atoms with van der Waals surface area (Å²) in [5, 5.41) is 6.82. The van der Waals surface area contributed by atoms with E-state index in [2.05, 4.69) is 62.6 Å². The molecule has 16 heavy (non-hydrogen) atoms. The molecule has 0 amide bonds. The lowest BCUT2D eigenvalue weighted by molar-refractivity contribution is 0.448. The van der Waals surface area contributed by atoms with Gasteiger partial charge in [0.15, 0.2) is 0 Å². The van der Waals surface area contributed by atoms with Gasteiger partial charge in [0.05, 0.1) is 0 Å². The van der Waals surface area contributed by atoms with Crippen molar-refractivity contribution in [1.82, 2.24) is 5.32 Å². The normalized spacial score (nSPS) is 11.9. The van der Waals surface area contributed by atoms with Crippen LogP contribution in [0.3, 0.4) is 0 Å². The van der Waals surface area contributed by atoms with Crippen LogP contribution in [0, 0.1) is 0 Å². The number of para-hydroxylation sites is 1. The molecular formula is C14H24N2. The third-order valence-corrected chi connectivity index (χ3v) is 2.98. The van der Waals surface area contributed by atoms with Gasteiger partial charge in [0, 0.05) is 17.8 Å². The highest BCUT2D eigenvalue weighted by Crippen LogP contribution is 2.23. The predicted molar refractivity (Wildman–Crippen MR) is 72.2 cm³/mol. The van der Waals surface area contributed by atoms with Gasteiger partial charge in [-0.2, -0.15) is 0 Å². The van der Waals surface area contributed by atoms with Crippen LogP contribution in [0.4, 0.5) is 5.69 Å². The van der Waals surface area contributed by atoms with Gasteiger partial charge in [-0.1, -0.05) is 32.0 Å². The van der Waals surface area contributed by atoms with Crippen LogP contribution in [0.15, 0.2) is 24.3 Å². The molecule has 2 heteroatoms. The van der Waals surface area contributed by atoms with E-state index in [1.807, 2.05) is 7.05 Å². The Morgan fingerprint density at radius 3 is 2.38 bits per heavy atom. The summed E-state index contributed by atoms with van der Waals surface area (Å²) in [7, 11) is 2.00. The average Bonchev–Trinajstić information content (AvgIpc) is 2.27. The fraction of sp³-hybridized carbons (Fsp3) is 0.571. The monoisotopic (exact) mass is 220 g/mol. The molecule has 1 aromatic rings. The van der Waals surface area contributed by atoms with Crippen molar-refractivity contribution >= 4 is 5.69 Å². The van der Waals surface area contributed by atoms with E-state index >= 15 is 0 Å². The number of likely N-dealkylation sites (N-methyl/N-ethyl adjacent to an activating group) is 1. The van der Waals surface area contributed by atoms with Gasteiger partial charge in [-0.15, -0.1) is 0 Å². The fourth-order valence-corrected chi connectivity index (χ4v) is 1.57. The highest BCUT2D eigenvalue weighted by molar-refractivity contribution is 5.52. The van der Waals surface area contributed by atoms with E-state index < -0.39 is 0 Å². The van der Waals surface area contributed by atoms with E-state index in [0.29, 0.717) is 5.92 Å². The molecule has 2 N–H and O–H groups in total. The van der Waals surface area contributed by atoms with E-state index in [1.54, 1.807) is 0 Å². The van der Waals surface area contributed by atoms with Crippen LogP contribution in [-0.4, -0.2) is 19.1 Å². The Bertz CT molecular complexity index is 329. The van der Waals surface area contributed by atoms with Crippen molar-refractivity contribution in [3.63, 3.8) is 0 Å². The molecule has 0 bridgehead atoms. The molecule has 0 aliphatic carbocycles. The van der Waals surface area contributed by atoms with E-state index in [1.165, 1.54) is 11.3 Å². The van der Waals surface area contributed by atoms with Crippen LogP contribution in [-0.2, 0) is 0 Å². The van der Waals surface area contributed by atoms with Gasteiger partial charge in [0.2, 0.25) is 0 Å². The van der Waals surface area contributed by atoms with Crippen LogP contribution in [0.1, 0.15) is 39.2 Å². The van der Waals surface area contributed by atoms with Crippen molar-refractivity contribution in [3.8, 4) is 0 Å². The molecule has 0 saturated carbocycles. The number of hydrogen-bond acceptors (Lipinski definition) is 2. The van der Waals surface area contributed by atoms with E-state index in [9.17, 15) is 0 Å². The minimum Gasteiger partial charge on any atom is -0.383 e. The second-order valence-corrected chi connectivity index (χ2v) is 5.23. The lowest BCUT2D eigenvalue weighted by atomic mass is 10.00. The molecular weight excluding hydrogens is 196 g/mol. The molecule has 0 unspecified atom stereocenters. The smallest absolute Gasteiger partial charge is 0.0375 e. The zero-order valence-corrected chi connectivity index (χ0v) is 11.1. The summed E-state index contributed by atoms with van der Waals surface area (Å²) in [6.07, 6.45) is 0. The topological polar surface area (TPSA) is 24.1 Å². The Kier molecular flexibility index (Phi) is 4.36. The first-order valence-electron chi connectivity index (χ1n) is 5.98. The largest absolute Gasteiger partial charge is 0.383 e. The second-order valence-electron chi connectivity index (χ2n) is 5.23. The molecule has 0 spiro atoms. The highest BCUT2D eigenvalue weighted by atomic mass is 15.0. The van der Waals surface area contributed by atoms with Crippen LogP contribution >= 0.6 is 0 Å². The summed E-state index contributed by atoms with van der Waals surface area (Å²) in [6, 6.07) is 8.53. The number of benzene rings is 1. The van der Waals surface area contributed by atoms with Gasteiger partial charge in [0.1, 0.15) is 0 Å². The highest BCUT2D eigenvalue weighted by Gasteiger charge is 2.15. The molecule has 2 nitrogen and oxygen atoms in total. The Morgan fingerprint density at radius 1 is 1.19 bits per heavy atom. The summed E-state index contributed by atoms with van der Waals surface area (Å²) < 4.78 is 0. The molecule has 1 aromatic carbocycles. The standard InChI is InChI=1S/C14H24N2/c1-11(2)12-8-6-7-9-13(12)16-10-14(3,4)15-5/h6-9,11,15-16H,10H2,1-5H3. The molecule has 0 aliphatic heterocycles. The van der Waals surface area contributed by atoms with E-state index in [4.69, 9.17) is 0 Å². The van der Waals surface area contributed by atoms with Crippen LogP contribution in [0.5, 0.6) is 0 Å². The lowest BCUT2D eigenvalue weighted by Gasteiger charge is -2.26. The zero-order chi connectivity index (χ0) is 12.2. The van der Waals surface area contributed by atoms with Crippen molar-refractivity contribution in [2.75, 3.05) is 18.9 Å². The molecule has 0 radical (unpaired) electrons. The molecule has 0 aliphatic rings. The quantitative estimate of drug-likeness (QED) is 0.796. The van der Waals surface area contributed by atoms with Gasteiger partial charge >= 0.3 is 0 Å². The van der Waals surface area contributed by atoms with Gasteiger partial charge in [-0.05, 0) is 38.4 Å². The summed E-state index contributed by atoms with van der Waals surface area (Å²) >= 11 is 0. The SMILES string of the molecule is CNC(C)(C)CNc1ccccc1C(C)C.